The molecule has 1 aliphatic heterocycles. The zero-order chi connectivity index (χ0) is 14.9. The molecule has 0 unspecified atom stereocenters. The maximum atomic E-state index is 12.5. The third-order valence-corrected chi connectivity index (χ3v) is 2.77. The number of rotatable bonds is 3. The standard InChI is InChI=1S/C11H9ClF3N3O2/c1-20-5-7-3-9(19)18(17-7)10-8(12)2-6(4-16-10)11(13,14)15/h2,4H,3,5H2,1H3. The van der Waals surface area contributed by atoms with Crippen LogP contribution in [0.4, 0.5) is 19.0 Å². The van der Waals surface area contributed by atoms with Gasteiger partial charge in [-0.1, -0.05) is 11.6 Å². The molecule has 0 aliphatic carbocycles. The van der Waals surface area contributed by atoms with E-state index in [9.17, 15) is 18.0 Å². The fourth-order valence-electron chi connectivity index (χ4n) is 1.64. The molecule has 0 radical (unpaired) electrons. The van der Waals surface area contributed by atoms with Gasteiger partial charge in [-0.2, -0.15) is 23.3 Å². The van der Waals surface area contributed by atoms with Gasteiger partial charge in [-0.15, -0.1) is 0 Å². The molecule has 1 aromatic rings. The van der Waals surface area contributed by atoms with Gasteiger partial charge in [-0.25, -0.2) is 4.98 Å². The normalized spacial score (nSPS) is 15.8. The average molecular weight is 308 g/mol. The van der Waals surface area contributed by atoms with Crippen molar-refractivity contribution in [2.75, 3.05) is 18.7 Å². The molecule has 1 aromatic heterocycles. The minimum atomic E-state index is -4.55. The van der Waals surface area contributed by atoms with Crippen LogP contribution in [0.25, 0.3) is 0 Å². The van der Waals surface area contributed by atoms with Crippen LogP contribution in [0.15, 0.2) is 17.4 Å². The van der Waals surface area contributed by atoms with Crippen LogP contribution in [0.1, 0.15) is 12.0 Å². The smallest absolute Gasteiger partial charge is 0.379 e. The summed E-state index contributed by atoms with van der Waals surface area (Å²) in [4.78, 5) is 15.3. The van der Waals surface area contributed by atoms with Gasteiger partial charge in [0.2, 0.25) is 0 Å². The lowest BCUT2D eigenvalue weighted by molar-refractivity contribution is -0.137. The van der Waals surface area contributed by atoms with Crippen molar-refractivity contribution in [2.45, 2.75) is 12.6 Å². The molecule has 0 bridgehead atoms. The Morgan fingerprint density at radius 2 is 2.20 bits per heavy atom. The molecule has 0 aromatic carbocycles. The number of carbonyl (C=O) groups is 1. The summed E-state index contributed by atoms with van der Waals surface area (Å²) in [6, 6.07) is 0.709. The van der Waals surface area contributed by atoms with E-state index in [0.717, 1.165) is 5.01 Å². The number of hydrogen-bond donors (Lipinski definition) is 0. The van der Waals surface area contributed by atoms with Crippen molar-refractivity contribution in [3.63, 3.8) is 0 Å². The summed E-state index contributed by atoms with van der Waals surface area (Å²) in [7, 11) is 1.44. The van der Waals surface area contributed by atoms with Crippen LogP contribution in [0.5, 0.6) is 0 Å². The Balaban J connectivity index is 2.32. The lowest BCUT2D eigenvalue weighted by atomic mass is 10.2. The van der Waals surface area contributed by atoms with Crippen molar-refractivity contribution in [1.29, 1.82) is 0 Å². The molecule has 0 saturated heterocycles. The Bertz CT molecular complexity index is 575. The monoisotopic (exact) mass is 307 g/mol. The van der Waals surface area contributed by atoms with Crippen molar-refractivity contribution >= 4 is 29.0 Å². The first kappa shape index (κ1) is 14.7. The Morgan fingerprint density at radius 1 is 1.50 bits per heavy atom. The van der Waals surface area contributed by atoms with Gasteiger partial charge in [0.1, 0.15) is 0 Å². The third-order valence-electron chi connectivity index (χ3n) is 2.49. The molecular formula is C11H9ClF3N3O2. The molecule has 9 heteroatoms. The van der Waals surface area contributed by atoms with Gasteiger partial charge < -0.3 is 4.74 Å². The van der Waals surface area contributed by atoms with E-state index in [1.807, 2.05) is 0 Å². The number of nitrogens with zero attached hydrogens (tertiary/aromatic N) is 3. The van der Waals surface area contributed by atoms with Crippen LogP contribution < -0.4 is 5.01 Å². The second-order valence-electron chi connectivity index (χ2n) is 4.01. The molecule has 1 aliphatic rings. The average Bonchev–Trinajstić information content (AvgIpc) is 2.69. The van der Waals surface area contributed by atoms with E-state index in [-0.39, 0.29) is 23.9 Å². The van der Waals surface area contributed by atoms with Crippen LogP contribution in [0, 0.1) is 0 Å². The summed E-state index contributed by atoms with van der Waals surface area (Å²) in [5.74, 6) is -0.554. The molecule has 0 saturated carbocycles. The van der Waals surface area contributed by atoms with Crippen LogP contribution in [-0.4, -0.2) is 30.3 Å². The summed E-state index contributed by atoms with van der Waals surface area (Å²) in [6.07, 6.45) is -3.92. The number of methoxy groups -OCH3 is 1. The molecule has 0 fully saturated rings. The van der Waals surface area contributed by atoms with Crippen molar-refractivity contribution < 1.29 is 22.7 Å². The summed E-state index contributed by atoms with van der Waals surface area (Å²) in [6.45, 7) is 0.153. The predicted molar refractivity (Wildman–Crippen MR) is 65.7 cm³/mol. The highest BCUT2D eigenvalue weighted by atomic mass is 35.5. The number of pyridine rings is 1. The quantitative estimate of drug-likeness (QED) is 0.862. The highest BCUT2D eigenvalue weighted by Crippen LogP contribution is 2.34. The predicted octanol–water partition coefficient (Wildman–Crippen LogP) is 2.49. The zero-order valence-corrected chi connectivity index (χ0v) is 11.0. The van der Waals surface area contributed by atoms with E-state index >= 15 is 0 Å². The van der Waals surface area contributed by atoms with E-state index in [1.165, 1.54) is 7.11 Å². The second kappa shape index (κ2) is 5.37. The zero-order valence-electron chi connectivity index (χ0n) is 10.2. The van der Waals surface area contributed by atoms with Gasteiger partial charge in [0.05, 0.1) is 29.3 Å². The topological polar surface area (TPSA) is 54.8 Å². The first-order valence-electron chi connectivity index (χ1n) is 5.44. The number of amides is 1. The van der Waals surface area contributed by atoms with Crippen LogP contribution in [0.3, 0.4) is 0 Å². The fourth-order valence-corrected chi connectivity index (χ4v) is 1.88. The first-order valence-corrected chi connectivity index (χ1v) is 5.81. The molecule has 0 spiro atoms. The van der Waals surface area contributed by atoms with Gasteiger partial charge in [0.15, 0.2) is 5.82 Å². The Morgan fingerprint density at radius 3 is 2.75 bits per heavy atom. The molecular weight excluding hydrogens is 299 g/mol. The van der Waals surface area contributed by atoms with Gasteiger partial charge in [-0.05, 0) is 6.07 Å². The maximum absolute atomic E-state index is 12.5. The van der Waals surface area contributed by atoms with Crippen molar-refractivity contribution in [3.8, 4) is 0 Å². The number of hydrogen-bond acceptors (Lipinski definition) is 4. The molecule has 2 heterocycles. The van der Waals surface area contributed by atoms with Crippen LogP contribution in [0.2, 0.25) is 5.02 Å². The summed E-state index contributed by atoms with van der Waals surface area (Å²) in [5, 5.41) is 4.52. The highest BCUT2D eigenvalue weighted by Gasteiger charge is 2.33. The molecule has 0 N–H and O–H groups in total. The summed E-state index contributed by atoms with van der Waals surface area (Å²) in [5.41, 5.74) is -0.533. The third kappa shape index (κ3) is 2.91. The second-order valence-corrected chi connectivity index (χ2v) is 4.42. The van der Waals surface area contributed by atoms with E-state index in [1.54, 1.807) is 0 Å². The Labute approximate surface area is 117 Å². The van der Waals surface area contributed by atoms with Crippen molar-refractivity contribution in [3.05, 3.63) is 22.8 Å². The van der Waals surface area contributed by atoms with Gasteiger partial charge in [0, 0.05) is 13.3 Å². The molecule has 1 amide bonds. The summed E-state index contributed by atoms with van der Waals surface area (Å²) >= 11 is 5.75. The minimum Gasteiger partial charge on any atom is -0.379 e. The minimum absolute atomic E-state index is 0.0207. The van der Waals surface area contributed by atoms with E-state index in [0.29, 0.717) is 18.0 Å². The molecule has 20 heavy (non-hydrogen) atoms. The Hall–Kier alpha value is -1.67. The molecule has 5 nitrogen and oxygen atoms in total. The largest absolute Gasteiger partial charge is 0.417 e. The molecule has 0 atom stereocenters. The van der Waals surface area contributed by atoms with Crippen molar-refractivity contribution in [2.24, 2.45) is 5.10 Å². The number of hydrazone groups is 1. The van der Waals surface area contributed by atoms with Crippen LogP contribution >= 0.6 is 11.6 Å². The van der Waals surface area contributed by atoms with Gasteiger partial charge in [-0.3, -0.25) is 4.79 Å². The van der Waals surface area contributed by atoms with E-state index in [2.05, 4.69) is 10.1 Å². The SMILES string of the molecule is COCC1=NN(c2ncc(C(F)(F)F)cc2Cl)C(=O)C1. The lowest BCUT2D eigenvalue weighted by Gasteiger charge is -2.14. The maximum Gasteiger partial charge on any atom is 0.417 e. The number of halogens is 4. The molecule has 108 valence electrons. The van der Waals surface area contributed by atoms with Crippen molar-refractivity contribution in [1.82, 2.24) is 4.98 Å². The number of carbonyl (C=O) groups excluding carboxylic acids is 1. The lowest BCUT2D eigenvalue weighted by Crippen LogP contribution is -2.21. The number of aromatic nitrogens is 1. The van der Waals surface area contributed by atoms with Crippen LogP contribution in [-0.2, 0) is 15.7 Å². The number of alkyl halides is 3. The van der Waals surface area contributed by atoms with E-state index in [4.69, 9.17) is 16.3 Å². The highest BCUT2D eigenvalue weighted by molar-refractivity contribution is 6.33. The fraction of sp³-hybridized carbons (Fsp3) is 0.364. The molecule has 2 rings (SSSR count). The number of anilines is 1. The van der Waals surface area contributed by atoms with Gasteiger partial charge in [0.25, 0.3) is 5.91 Å². The van der Waals surface area contributed by atoms with E-state index < -0.39 is 17.6 Å². The number of ether oxygens (including phenoxy) is 1. The van der Waals surface area contributed by atoms with Gasteiger partial charge >= 0.3 is 6.18 Å². The summed E-state index contributed by atoms with van der Waals surface area (Å²) < 4.78 is 42.3. The Kier molecular flexibility index (Phi) is 3.96. The first-order chi connectivity index (χ1) is 9.32.